The number of aryl methyl sites for hydroxylation is 1. The Hall–Kier alpha value is -3.64. The molecule has 6 nitrogen and oxygen atoms in total. The van der Waals surface area contributed by atoms with Gasteiger partial charge in [-0.2, -0.15) is 0 Å². The zero-order chi connectivity index (χ0) is 30.5. The van der Waals surface area contributed by atoms with Gasteiger partial charge in [0.1, 0.15) is 12.4 Å². The number of ether oxygens (including phenoxy) is 1. The molecule has 0 fully saturated rings. The number of unbranched alkanes of at least 4 members (excludes halogenated alkanes) is 1. The number of carboxylic acid groups (broad SMARTS) is 2. The summed E-state index contributed by atoms with van der Waals surface area (Å²) in [6, 6.07) is 22.3. The van der Waals surface area contributed by atoms with Crippen molar-refractivity contribution in [1.29, 1.82) is 0 Å². The summed E-state index contributed by atoms with van der Waals surface area (Å²) in [7, 11) is 0. The molecule has 3 N–H and O–H groups in total. The minimum absolute atomic E-state index is 0.159. The SMILES string of the molecule is CC(C)(C)c1ccc(COc2ccccc2CCNCCCCC(=O)O)cc1.CC1CCCc2cc(C(=O)O)ccc21. The van der Waals surface area contributed by atoms with Gasteiger partial charge < -0.3 is 20.3 Å². The van der Waals surface area contributed by atoms with Gasteiger partial charge in [-0.15, -0.1) is 0 Å². The Balaban J connectivity index is 0.000000287. The number of fused-ring (bicyclic) bond motifs is 1. The maximum absolute atomic E-state index is 10.8. The number of nitrogens with one attached hydrogen (secondary N) is 1. The second-order valence-corrected chi connectivity index (χ2v) is 12.2. The molecule has 1 aliphatic carbocycles. The highest BCUT2D eigenvalue weighted by Crippen LogP contribution is 2.31. The number of carboxylic acids is 2. The van der Waals surface area contributed by atoms with E-state index >= 15 is 0 Å². The number of aromatic carboxylic acids is 1. The summed E-state index contributed by atoms with van der Waals surface area (Å²) in [5.74, 6) is -0.0400. The predicted octanol–water partition coefficient (Wildman–Crippen LogP) is 7.77. The van der Waals surface area contributed by atoms with Crippen LogP contribution in [0.25, 0.3) is 0 Å². The average Bonchev–Trinajstić information content (AvgIpc) is 2.96. The first-order valence-corrected chi connectivity index (χ1v) is 15.1. The Kier molecular flexibility index (Phi) is 12.6. The smallest absolute Gasteiger partial charge is 0.335 e. The van der Waals surface area contributed by atoms with Crippen molar-refractivity contribution in [2.24, 2.45) is 0 Å². The second-order valence-electron chi connectivity index (χ2n) is 12.2. The molecule has 226 valence electrons. The minimum Gasteiger partial charge on any atom is -0.489 e. The van der Waals surface area contributed by atoms with E-state index in [4.69, 9.17) is 14.9 Å². The van der Waals surface area contributed by atoms with Crippen LogP contribution in [0, 0.1) is 0 Å². The molecule has 0 heterocycles. The van der Waals surface area contributed by atoms with Crippen LogP contribution >= 0.6 is 0 Å². The van der Waals surface area contributed by atoms with Crippen molar-refractivity contribution in [3.8, 4) is 5.75 Å². The number of carbonyl (C=O) groups is 2. The van der Waals surface area contributed by atoms with E-state index in [-0.39, 0.29) is 11.8 Å². The lowest BCUT2D eigenvalue weighted by molar-refractivity contribution is -0.137. The molecule has 3 aromatic rings. The highest BCUT2D eigenvalue weighted by molar-refractivity contribution is 5.88. The molecular weight excluding hydrogens is 526 g/mol. The minimum atomic E-state index is -0.828. The standard InChI is InChI=1S/C24H33NO3.C12H14O2/c1-24(2,3)21-13-11-19(12-14-21)18-28-22-9-5-4-8-20(22)15-17-25-16-7-6-10-23(26)27;1-8-3-2-4-9-7-10(12(13)14)5-6-11(8)9/h4-5,8-9,11-14,25H,6-7,10,15-18H2,1-3H3,(H,26,27);5-8H,2-4H2,1H3,(H,13,14). The van der Waals surface area contributed by atoms with Crippen LogP contribution < -0.4 is 10.1 Å². The van der Waals surface area contributed by atoms with E-state index in [0.29, 0.717) is 18.1 Å². The fourth-order valence-electron chi connectivity index (χ4n) is 5.18. The summed E-state index contributed by atoms with van der Waals surface area (Å²) in [4.78, 5) is 21.3. The number of hydrogen-bond acceptors (Lipinski definition) is 4. The highest BCUT2D eigenvalue weighted by Gasteiger charge is 2.17. The zero-order valence-corrected chi connectivity index (χ0v) is 25.6. The van der Waals surface area contributed by atoms with Crippen LogP contribution in [0.2, 0.25) is 0 Å². The van der Waals surface area contributed by atoms with Crippen molar-refractivity contribution in [3.63, 3.8) is 0 Å². The summed E-state index contributed by atoms with van der Waals surface area (Å²) in [5.41, 5.74) is 6.81. The lowest BCUT2D eigenvalue weighted by atomic mass is 9.83. The van der Waals surface area contributed by atoms with Gasteiger partial charge in [-0.1, -0.05) is 76.2 Å². The van der Waals surface area contributed by atoms with E-state index in [9.17, 15) is 9.59 Å². The van der Waals surface area contributed by atoms with E-state index < -0.39 is 11.9 Å². The Labute approximate surface area is 251 Å². The first-order valence-electron chi connectivity index (χ1n) is 15.1. The Morgan fingerprint density at radius 3 is 2.38 bits per heavy atom. The molecular formula is C36H47NO5. The van der Waals surface area contributed by atoms with Gasteiger partial charge >= 0.3 is 11.9 Å². The van der Waals surface area contributed by atoms with Crippen molar-refractivity contribution in [3.05, 3.63) is 100 Å². The molecule has 0 spiro atoms. The van der Waals surface area contributed by atoms with Gasteiger partial charge in [0.25, 0.3) is 0 Å². The predicted molar refractivity (Wildman–Crippen MR) is 169 cm³/mol. The van der Waals surface area contributed by atoms with Crippen LogP contribution in [0.15, 0.2) is 66.7 Å². The fraction of sp³-hybridized carbons (Fsp3) is 0.444. The van der Waals surface area contributed by atoms with Crippen molar-refractivity contribution in [2.45, 2.75) is 90.6 Å². The lowest BCUT2D eigenvalue weighted by Gasteiger charge is -2.22. The van der Waals surface area contributed by atoms with Gasteiger partial charge in [-0.25, -0.2) is 4.79 Å². The summed E-state index contributed by atoms with van der Waals surface area (Å²) in [6.07, 6.45) is 6.16. The largest absolute Gasteiger partial charge is 0.489 e. The van der Waals surface area contributed by atoms with Gasteiger partial charge in [0.2, 0.25) is 0 Å². The Morgan fingerprint density at radius 2 is 1.69 bits per heavy atom. The Bertz CT molecular complexity index is 1290. The van der Waals surface area contributed by atoms with Crippen LogP contribution in [0.1, 0.15) is 104 Å². The molecule has 42 heavy (non-hydrogen) atoms. The van der Waals surface area contributed by atoms with Crippen molar-refractivity contribution in [2.75, 3.05) is 13.1 Å². The van der Waals surface area contributed by atoms with Gasteiger partial charge in [-0.05, 0) is 109 Å². The average molecular weight is 574 g/mol. The molecule has 0 saturated heterocycles. The molecule has 1 atom stereocenters. The molecule has 0 amide bonds. The second kappa shape index (κ2) is 16.1. The normalized spacial score (nSPS) is 14.3. The third-order valence-corrected chi connectivity index (χ3v) is 7.76. The van der Waals surface area contributed by atoms with E-state index in [0.717, 1.165) is 44.5 Å². The van der Waals surface area contributed by atoms with E-state index in [2.05, 4.69) is 63.3 Å². The molecule has 1 aliphatic rings. The molecule has 3 aromatic carbocycles. The van der Waals surface area contributed by atoms with Gasteiger partial charge in [0.15, 0.2) is 0 Å². The monoisotopic (exact) mass is 573 g/mol. The Morgan fingerprint density at radius 1 is 0.952 bits per heavy atom. The fourth-order valence-corrected chi connectivity index (χ4v) is 5.18. The van der Waals surface area contributed by atoms with E-state index in [1.807, 2.05) is 30.3 Å². The molecule has 6 heteroatoms. The van der Waals surface area contributed by atoms with Crippen LogP contribution in [-0.4, -0.2) is 35.2 Å². The van der Waals surface area contributed by atoms with Crippen LogP contribution in [0.3, 0.4) is 0 Å². The molecule has 4 rings (SSSR count). The number of para-hydroxylation sites is 1. The first-order chi connectivity index (χ1) is 20.0. The summed E-state index contributed by atoms with van der Waals surface area (Å²) in [5, 5.41) is 20.9. The number of hydrogen-bond donors (Lipinski definition) is 3. The maximum atomic E-state index is 10.8. The van der Waals surface area contributed by atoms with Crippen LogP contribution in [-0.2, 0) is 29.7 Å². The summed E-state index contributed by atoms with van der Waals surface area (Å²) in [6.45, 7) is 11.1. The topological polar surface area (TPSA) is 95.9 Å². The molecule has 0 radical (unpaired) electrons. The summed E-state index contributed by atoms with van der Waals surface area (Å²) < 4.78 is 6.08. The molecule has 0 aromatic heterocycles. The molecule has 0 bridgehead atoms. The van der Waals surface area contributed by atoms with Gasteiger partial charge in [-0.3, -0.25) is 4.79 Å². The lowest BCUT2D eigenvalue weighted by Crippen LogP contribution is -2.19. The molecule has 0 saturated carbocycles. The summed E-state index contributed by atoms with van der Waals surface area (Å²) >= 11 is 0. The first kappa shape index (κ1) is 32.9. The highest BCUT2D eigenvalue weighted by atomic mass is 16.5. The van der Waals surface area contributed by atoms with Crippen LogP contribution in [0.4, 0.5) is 0 Å². The van der Waals surface area contributed by atoms with Crippen molar-refractivity contribution in [1.82, 2.24) is 5.32 Å². The molecule has 1 unspecified atom stereocenters. The number of aliphatic carboxylic acids is 1. The van der Waals surface area contributed by atoms with Gasteiger partial charge in [0, 0.05) is 6.42 Å². The van der Waals surface area contributed by atoms with Crippen molar-refractivity contribution < 1.29 is 24.5 Å². The zero-order valence-electron chi connectivity index (χ0n) is 25.6. The third-order valence-electron chi connectivity index (χ3n) is 7.76. The quantitative estimate of drug-likeness (QED) is 0.192. The third kappa shape index (κ3) is 10.6. The van der Waals surface area contributed by atoms with Crippen LogP contribution in [0.5, 0.6) is 5.75 Å². The number of benzene rings is 3. The van der Waals surface area contributed by atoms with E-state index in [1.54, 1.807) is 6.07 Å². The maximum Gasteiger partial charge on any atom is 0.335 e. The van der Waals surface area contributed by atoms with E-state index in [1.165, 1.54) is 40.7 Å². The molecule has 0 aliphatic heterocycles. The van der Waals surface area contributed by atoms with Crippen molar-refractivity contribution >= 4 is 11.9 Å². The van der Waals surface area contributed by atoms with Gasteiger partial charge in [0.05, 0.1) is 5.56 Å². The number of rotatable bonds is 12.